The molecule has 0 aliphatic carbocycles. The molecule has 0 saturated heterocycles. The van der Waals surface area contributed by atoms with Crippen molar-refractivity contribution in [3.8, 4) is 0 Å². The Morgan fingerprint density at radius 3 is 1.39 bits per heavy atom. The zero-order chi connectivity index (χ0) is 39.3. The van der Waals surface area contributed by atoms with E-state index in [0.29, 0.717) is 19.4 Å². The Balaban J connectivity index is 4.11. The van der Waals surface area contributed by atoms with Gasteiger partial charge in [-0.25, -0.2) is 0 Å². The minimum absolute atomic E-state index is 0.0617. The van der Waals surface area contributed by atoms with E-state index in [0.717, 1.165) is 77.0 Å². The van der Waals surface area contributed by atoms with Gasteiger partial charge in [0.25, 0.3) is 0 Å². The summed E-state index contributed by atoms with van der Waals surface area (Å²) < 4.78 is 17.2. The molecule has 0 bridgehead atoms. The van der Waals surface area contributed by atoms with Crippen molar-refractivity contribution in [1.29, 1.82) is 0 Å². The van der Waals surface area contributed by atoms with Gasteiger partial charge in [-0.05, 0) is 83.5 Å². The highest BCUT2D eigenvalue weighted by Crippen LogP contribution is 2.13. The van der Waals surface area contributed by atoms with Crippen LogP contribution in [0, 0.1) is 0 Å². The first kappa shape index (κ1) is 51.6. The molecule has 312 valence electrons. The molecule has 5 nitrogen and oxygen atoms in total. The molecule has 0 aliphatic rings. The van der Waals surface area contributed by atoms with Gasteiger partial charge in [0.2, 0.25) is 0 Å². The second-order valence-corrected chi connectivity index (χ2v) is 14.9. The second kappa shape index (κ2) is 45.0. The Morgan fingerprint density at radius 2 is 0.833 bits per heavy atom. The normalized spacial score (nSPS) is 12.7. The maximum absolute atomic E-state index is 12.5. The molecule has 0 N–H and O–H groups in total. The number of carbonyl (C=O) groups is 2. The van der Waals surface area contributed by atoms with Crippen LogP contribution < -0.4 is 0 Å². The Labute approximate surface area is 334 Å². The van der Waals surface area contributed by atoms with E-state index in [-0.39, 0.29) is 25.2 Å². The molecule has 0 heterocycles. The van der Waals surface area contributed by atoms with Crippen molar-refractivity contribution in [2.45, 2.75) is 219 Å². The maximum Gasteiger partial charge on any atom is 0.306 e. The van der Waals surface area contributed by atoms with E-state index in [1.807, 2.05) is 0 Å². The van der Waals surface area contributed by atoms with E-state index in [9.17, 15) is 9.59 Å². The highest BCUT2D eigenvalue weighted by atomic mass is 16.6. The SMILES string of the molecule is CC/C=C\C/C=C\C/C=C\C/C=C\CCCCC(=O)OCC(COCCCCCCCCCC/C=C\CCCCCCCC)OC(=O)CCCCCCC. The molecular formula is C49H86O5. The molecule has 1 unspecified atom stereocenters. The van der Waals surface area contributed by atoms with E-state index in [1.165, 1.54) is 103 Å². The van der Waals surface area contributed by atoms with Crippen LogP contribution in [-0.4, -0.2) is 37.9 Å². The van der Waals surface area contributed by atoms with Crippen molar-refractivity contribution in [2.75, 3.05) is 19.8 Å². The average Bonchev–Trinajstić information content (AvgIpc) is 3.17. The van der Waals surface area contributed by atoms with E-state index in [4.69, 9.17) is 14.2 Å². The zero-order valence-corrected chi connectivity index (χ0v) is 35.7. The van der Waals surface area contributed by atoms with Gasteiger partial charge in [0.15, 0.2) is 6.10 Å². The summed E-state index contributed by atoms with van der Waals surface area (Å²) in [5.41, 5.74) is 0. The third-order valence-corrected chi connectivity index (χ3v) is 9.54. The summed E-state index contributed by atoms with van der Waals surface area (Å²) in [5.74, 6) is -0.459. The zero-order valence-electron chi connectivity index (χ0n) is 35.7. The monoisotopic (exact) mass is 755 g/mol. The van der Waals surface area contributed by atoms with Gasteiger partial charge in [0.05, 0.1) is 6.61 Å². The van der Waals surface area contributed by atoms with E-state index >= 15 is 0 Å². The highest BCUT2D eigenvalue weighted by Gasteiger charge is 2.17. The first-order valence-electron chi connectivity index (χ1n) is 22.8. The lowest BCUT2D eigenvalue weighted by Gasteiger charge is -2.18. The molecule has 0 spiro atoms. The summed E-state index contributed by atoms with van der Waals surface area (Å²) in [6, 6.07) is 0. The quantitative estimate of drug-likeness (QED) is 0.0353. The first-order chi connectivity index (χ1) is 26.6. The third-order valence-electron chi connectivity index (χ3n) is 9.54. The highest BCUT2D eigenvalue weighted by molar-refractivity contribution is 5.70. The minimum atomic E-state index is -0.549. The first-order valence-corrected chi connectivity index (χ1v) is 22.8. The topological polar surface area (TPSA) is 61.8 Å². The molecular weight excluding hydrogens is 669 g/mol. The van der Waals surface area contributed by atoms with E-state index in [1.54, 1.807) is 0 Å². The van der Waals surface area contributed by atoms with Gasteiger partial charge < -0.3 is 14.2 Å². The van der Waals surface area contributed by atoms with Gasteiger partial charge >= 0.3 is 11.9 Å². The lowest BCUT2D eigenvalue weighted by atomic mass is 10.1. The van der Waals surface area contributed by atoms with Gasteiger partial charge in [-0.3, -0.25) is 9.59 Å². The number of rotatable bonds is 41. The fourth-order valence-electron chi connectivity index (χ4n) is 6.14. The number of allylic oxidation sites excluding steroid dienone is 10. The molecule has 0 fully saturated rings. The number of ether oxygens (including phenoxy) is 3. The van der Waals surface area contributed by atoms with Crippen LogP contribution in [0.1, 0.15) is 213 Å². The van der Waals surface area contributed by atoms with Crippen LogP contribution in [0.25, 0.3) is 0 Å². The molecule has 0 amide bonds. The van der Waals surface area contributed by atoms with Gasteiger partial charge in [0, 0.05) is 19.4 Å². The molecule has 1 atom stereocenters. The molecule has 0 aromatic carbocycles. The Morgan fingerprint density at radius 1 is 0.426 bits per heavy atom. The van der Waals surface area contributed by atoms with Crippen LogP contribution in [0.15, 0.2) is 60.8 Å². The van der Waals surface area contributed by atoms with Crippen molar-refractivity contribution in [1.82, 2.24) is 0 Å². The summed E-state index contributed by atoms with van der Waals surface area (Å²) in [6.07, 6.45) is 55.4. The molecule has 0 aromatic rings. The number of hydrogen-bond donors (Lipinski definition) is 0. The Kier molecular flexibility index (Phi) is 43.0. The molecule has 5 heteroatoms. The minimum Gasteiger partial charge on any atom is -0.462 e. The van der Waals surface area contributed by atoms with Gasteiger partial charge in [-0.2, -0.15) is 0 Å². The van der Waals surface area contributed by atoms with Gasteiger partial charge in [-0.15, -0.1) is 0 Å². The van der Waals surface area contributed by atoms with Crippen LogP contribution in [0.3, 0.4) is 0 Å². The largest absolute Gasteiger partial charge is 0.462 e. The molecule has 0 radical (unpaired) electrons. The van der Waals surface area contributed by atoms with Crippen molar-refractivity contribution >= 4 is 11.9 Å². The summed E-state index contributed by atoms with van der Waals surface area (Å²) >= 11 is 0. The van der Waals surface area contributed by atoms with Crippen LogP contribution >= 0.6 is 0 Å². The number of unbranched alkanes of at least 4 members (excludes halogenated alkanes) is 20. The predicted molar refractivity (Wildman–Crippen MR) is 233 cm³/mol. The standard InChI is InChI=1S/C49H86O5/c1-4-7-10-13-15-17-19-21-23-24-25-27-29-31-33-35-38-41-44-52-45-47(54-49(51)43-40-36-12-9-6-3)46-53-48(50)42-39-37-34-32-30-28-26-22-20-18-16-14-11-8-5-2/h8,11,16,18,21-23,26,30,32,47H,4-7,9-10,12-15,17,19-20,24-25,27-29,31,33-46H2,1-3H3/b11-8-,18-16-,23-21-,26-22-,32-30-. The van der Waals surface area contributed by atoms with Crippen molar-refractivity contribution in [3.05, 3.63) is 60.8 Å². The Bertz CT molecular complexity index is 946. The summed E-state index contributed by atoms with van der Waals surface area (Å²) in [6.45, 7) is 7.59. The van der Waals surface area contributed by atoms with Gasteiger partial charge in [0.1, 0.15) is 6.61 Å². The smallest absolute Gasteiger partial charge is 0.306 e. The molecule has 54 heavy (non-hydrogen) atoms. The van der Waals surface area contributed by atoms with Crippen molar-refractivity contribution in [3.63, 3.8) is 0 Å². The fourth-order valence-corrected chi connectivity index (χ4v) is 6.14. The third kappa shape index (κ3) is 42.3. The Hall–Kier alpha value is -2.40. The molecule has 0 rings (SSSR count). The van der Waals surface area contributed by atoms with Crippen LogP contribution in [-0.2, 0) is 23.8 Å². The molecule has 0 aromatic heterocycles. The van der Waals surface area contributed by atoms with Gasteiger partial charge in [-0.1, -0.05) is 178 Å². The summed E-state index contributed by atoms with van der Waals surface area (Å²) in [7, 11) is 0. The molecule has 0 aliphatic heterocycles. The number of carbonyl (C=O) groups excluding carboxylic acids is 2. The van der Waals surface area contributed by atoms with Crippen LogP contribution in [0.4, 0.5) is 0 Å². The van der Waals surface area contributed by atoms with E-state index in [2.05, 4.69) is 81.5 Å². The maximum atomic E-state index is 12.5. The van der Waals surface area contributed by atoms with Crippen LogP contribution in [0.5, 0.6) is 0 Å². The lowest BCUT2D eigenvalue weighted by molar-refractivity contribution is -0.163. The van der Waals surface area contributed by atoms with Crippen molar-refractivity contribution in [2.24, 2.45) is 0 Å². The lowest BCUT2D eigenvalue weighted by Crippen LogP contribution is -2.30. The second-order valence-electron chi connectivity index (χ2n) is 14.9. The van der Waals surface area contributed by atoms with E-state index < -0.39 is 6.10 Å². The summed E-state index contributed by atoms with van der Waals surface area (Å²) in [5, 5.41) is 0. The molecule has 0 saturated carbocycles. The fraction of sp³-hybridized carbons (Fsp3) is 0.755. The predicted octanol–water partition coefficient (Wildman–Crippen LogP) is 15.0. The van der Waals surface area contributed by atoms with Crippen LogP contribution in [0.2, 0.25) is 0 Å². The average molecular weight is 755 g/mol. The number of esters is 2. The summed E-state index contributed by atoms with van der Waals surface area (Å²) in [4.78, 5) is 25.0. The van der Waals surface area contributed by atoms with Crippen molar-refractivity contribution < 1.29 is 23.8 Å². The number of hydrogen-bond acceptors (Lipinski definition) is 5.